The topological polar surface area (TPSA) is 131 Å². The molecular weight excluding hydrogens is 316 g/mol. The van der Waals surface area contributed by atoms with Crippen molar-refractivity contribution >= 4 is 17.5 Å². The number of ether oxygens (including phenoxy) is 1. The number of hydrogen-bond acceptors (Lipinski definition) is 6. The summed E-state index contributed by atoms with van der Waals surface area (Å²) in [7, 11) is 1.56. The minimum atomic E-state index is -0.975. The monoisotopic (exact) mass is 342 g/mol. The third-order valence-corrected chi connectivity index (χ3v) is 3.45. The van der Waals surface area contributed by atoms with Gasteiger partial charge in [-0.1, -0.05) is 13.8 Å². The molecule has 0 unspecified atom stereocenters. The molecule has 0 spiro atoms. The second-order valence-corrected chi connectivity index (χ2v) is 5.97. The zero-order valence-corrected chi connectivity index (χ0v) is 14.4. The van der Waals surface area contributed by atoms with Crippen LogP contribution in [0.15, 0.2) is 9.59 Å². The van der Waals surface area contributed by atoms with Crippen LogP contribution in [0.25, 0.3) is 0 Å². The Bertz CT molecular complexity index is 665. The predicted octanol–water partition coefficient (Wildman–Crippen LogP) is 0.0924. The average Bonchev–Trinajstić information content (AvgIpc) is 2.48. The van der Waals surface area contributed by atoms with Gasteiger partial charge in [0, 0.05) is 33.4 Å². The Morgan fingerprint density at radius 3 is 2.58 bits per heavy atom. The summed E-state index contributed by atoms with van der Waals surface area (Å²) in [6.07, 6.45) is 0.452. The lowest BCUT2D eigenvalue weighted by molar-refractivity contribution is -0.136. The molecule has 0 aliphatic rings. The average molecular weight is 342 g/mol. The van der Waals surface area contributed by atoms with Crippen LogP contribution in [0.5, 0.6) is 0 Å². The van der Waals surface area contributed by atoms with E-state index in [4.69, 9.17) is 15.6 Å². The van der Waals surface area contributed by atoms with Crippen molar-refractivity contribution in [1.29, 1.82) is 0 Å². The molecule has 24 heavy (non-hydrogen) atoms. The number of aromatic nitrogens is 2. The molecule has 9 nitrogen and oxygen atoms in total. The minimum absolute atomic E-state index is 0.0558. The van der Waals surface area contributed by atoms with E-state index in [2.05, 4.69) is 4.98 Å². The SMILES string of the molecule is COCCCN(CCC(=O)O)c1c(N)n(CC(C)C)c(=O)[nH]c1=O. The molecule has 0 saturated heterocycles. The van der Waals surface area contributed by atoms with Crippen molar-refractivity contribution in [2.75, 3.05) is 37.4 Å². The van der Waals surface area contributed by atoms with Crippen molar-refractivity contribution in [3.05, 3.63) is 20.8 Å². The first-order valence-corrected chi connectivity index (χ1v) is 7.86. The molecule has 0 radical (unpaired) electrons. The number of nitrogen functional groups attached to an aromatic ring is 1. The molecule has 0 bridgehead atoms. The predicted molar refractivity (Wildman–Crippen MR) is 91.5 cm³/mol. The number of hydrogen-bond donors (Lipinski definition) is 3. The summed E-state index contributed by atoms with van der Waals surface area (Å²) >= 11 is 0. The van der Waals surface area contributed by atoms with Crippen LogP contribution < -0.4 is 21.9 Å². The Kier molecular flexibility index (Phi) is 7.50. The zero-order chi connectivity index (χ0) is 18.3. The number of carboxylic acid groups (broad SMARTS) is 1. The van der Waals surface area contributed by atoms with Crippen LogP contribution in [0.2, 0.25) is 0 Å². The van der Waals surface area contributed by atoms with Gasteiger partial charge in [0.05, 0.1) is 6.42 Å². The first-order valence-electron chi connectivity index (χ1n) is 7.86. The van der Waals surface area contributed by atoms with Crippen molar-refractivity contribution in [2.24, 2.45) is 5.92 Å². The number of nitrogens with two attached hydrogens (primary N) is 1. The van der Waals surface area contributed by atoms with Crippen LogP contribution in [-0.2, 0) is 16.1 Å². The number of aromatic amines is 1. The van der Waals surface area contributed by atoms with Crippen molar-refractivity contribution < 1.29 is 14.6 Å². The summed E-state index contributed by atoms with van der Waals surface area (Å²) < 4.78 is 6.31. The molecule has 1 rings (SSSR count). The van der Waals surface area contributed by atoms with Gasteiger partial charge in [-0.25, -0.2) is 4.79 Å². The molecule has 0 aliphatic carbocycles. The third-order valence-electron chi connectivity index (χ3n) is 3.45. The number of aliphatic carboxylic acids is 1. The molecule has 0 aliphatic heterocycles. The van der Waals surface area contributed by atoms with Crippen LogP contribution in [0.4, 0.5) is 11.5 Å². The van der Waals surface area contributed by atoms with E-state index in [9.17, 15) is 14.4 Å². The maximum Gasteiger partial charge on any atom is 0.330 e. The molecule has 4 N–H and O–H groups in total. The van der Waals surface area contributed by atoms with E-state index in [1.807, 2.05) is 13.8 Å². The highest BCUT2D eigenvalue weighted by molar-refractivity contribution is 5.69. The summed E-state index contributed by atoms with van der Waals surface area (Å²) in [4.78, 5) is 39.0. The van der Waals surface area contributed by atoms with Crippen LogP contribution in [0.1, 0.15) is 26.7 Å². The molecule has 9 heteroatoms. The van der Waals surface area contributed by atoms with Gasteiger partial charge in [-0.2, -0.15) is 0 Å². The van der Waals surface area contributed by atoms with Crippen LogP contribution in [0.3, 0.4) is 0 Å². The summed E-state index contributed by atoms with van der Waals surface area (Å²) in [5, 5.41) is 8.91. The fourth-order valence-corrected chi connectivity index (χ4v) is 2.40. The minimum Gasteiger partial charge on any atom is -0.481 e. The normalized spacial score (nSPS) is 11.0. The molecule has 0 fully saturated rings. The Morgan fingerprint density at radius 1 is 1.38 bits per heavy atom. The first-order chi connectivity index (χ1) is 11.3. The fraction of sp³-hybridized carbons (Fsp3) is 0.667. The Hall–Kier alpha value is -2.29. The Morgan fingerprint density at radius 2 is 2.04 bits per heavy atom. The number of rotatable bonds is 10. The zero-order valence-electron chi connectivity index (χ0n) is 14.4. The molecular formula is C15H26N4O5. The maximum absolute atomic E-state index is 12.2. The third kappa shape index (κ3) is 5.41. The number of carboxylic acids is 1. The van der Waals surface area contributed by atoms with Gasteiger partial charge in [0.2, 0.25) is 0 Å². The fourth-order valence-electron chi connectivity index (χ4n) is 2.40. The van der Waals surface area contributed by atoms with E-state index in [0.29, 0.717) is 26.1 Å². The van der Waals surface area contributed by atoms with Crippen LogP contribution in [0, 0.1) is 5.92 Å². The smallest absolute Gasteiger partial charge is 0.330 e. The van der Waals surface area contributed by atoms with Crippen molar-refractivity contribution in [2.45, 2.75) is 33.2 Å². The Labute approximate surface area is 140 Å². The van der Waals surface area contributed by atoms with Gasteiger partial charge < -0.3 is 20.5 Å². The highest BCUT2D eigenvalue weighted by atomic mass is 16.5. The second kappa shape index (κ2) is 9.11. The number of methoxy groups -OCH3 is 1. The first kappa shape index (κ1) is 19.8. The largest absolute Gasteiger partial charge is 0.481 e. The molecule has 1 aromatic heterocycles. The van der Waals surface area contributed by atoms with E-state index < -0.39 is 17.2 Å². The van der Waals surface area contributed by atoms with Gasteiger partial charge in [0.25, 0.3) is 5.56 Å². The van der Waals surface area contributed by atoms with Gasteiger partial charge in [-0.15, -0.1) is 0 Å². The molecule has 0 saturated carbocycles. The summed E-state index contributed by atoms with van der Waals surface area (Å²) in [6.45, 7) is 5.20. The van der Waals surface area contributed by atoms with Crippen LogP contribution in [-0.4, -0.2) is 47.4 Å². The van der Waals surface area contributed by atoms with Crippen molar-refractivity contribution in [3.8, 4) is 0 Å². The molecule has 1 heterocycles. The highest BCUT2D eigenvalue weighted by Crippen LogP contribution is 2.18. The number of H-pyrrole nitrogens is 1. The number of nitrogens with zero attached hydrogens (tertiary/aromatic N) is 2. The molecule has 0 amide bonds. The molecule has 1 aromatic rings. The van der Waals surface area contributed by atoms with Gasteiger partial charge in [-0.05, 0) is 12.3 Å². The number of nitrogens with one attached hydrogen (secondary N) is 1. The quantitative estimate of drug-likeness (QED) is 0.514. The number of carbonyl (C=O) groups is 1. The lowest BCUT2D eigenvalue weighted by atomic mass is 10.2. The highest BCUT2D eigenvalue weighted by Gasteiger charge is 2.19. The van der Waals surface area contributed by atoms with Crippen molar-refractivity contribution in [3.63, 3.8) is 0 Å². The standard InChI is InChI=1S/C15H26N4O5/c1-10(2)9-19-13(16)12(14(22)17-15(19)23)18(6-4-8-24-3)7-5-11(20)21/h10H,4-9,16H2,1-3H3,(H,20,21)(H,17,22,23). The summed E-state index contributed by atoms with van der Waals surface area (Å²) in [6, 6.07) is 0. The van der Waals surface area contributed by atoms with Gasteiger partial charge >= 0.3 is 11.7 Å². The lowest BCUT2D eigenvalue weighted by Gasteiger charge is -2.26. The Balaban J connectivity index is 3.25. The van der Waals surface area contributed by atoms with E-state index in [-0.39, 0.29) is 30.4 Å². The molecule has 0 atom stereocenters. The van der Waals surface area contributed by atoms with E-state index in [1.165, 1.54) is 4.57 Å². The second-order valence-electron chi connectivity index (χ2n) is 5.97. The van der Waals surface area contributed by atoms with Crippen molar-refractivity contribution in [1.82, 2.24) is 9.55 Å². The molecule has 136 valence electrons. The summed E-state index contributed by atoms with van der Waals surface area (Å²) in [5.74, 6) is -0.762. The van der Waals surface area contributed by atoms with E-state index in [1.54, 1.807) is 12.0 Å². The number of anilines is 2. The summed E-state index contributed by atoms with van der Waals surface area (Å²) in [5.41, 5.74) is 5.02. The van der Waals surface area contributed by atoms with Gasteiger partial charge in [0.1, 0.15) is 11.5 Å². The maximum atomic E-state index is 12.2. The van der Waals surface area contributed by atoms with E-state index >= 15 is 0 Å². The van der Waals surface area contributed by atoms with Crippen LogP contribution >= 0.6 is 0 Å². The van der Waals surface area contributed by atoms with E-state index in [0.717, 1.165) is 0 Å². The lowest BCUT2D eigenvalue weighted by Crippen LogP contribution is -2.40. The molecule has 0 aromatic carbocycles. The van der Waals surface area contributed by atoms with Gasteiger partial charge in [0.15, 0.2) is 0 Å². The van der Waals surface area contributed by atoms with Gasteiger partial charge in [-0.3, -0.25) is 19.1 Å².